The molecule has 0 bridgehead atoms. The highest BCUT2D eigenvalue weighted by molar-refractivity contribution is 7.17. The van der Waals surface area contributed by atoms with E-state index in [1.165, 1.54) is 19.1 Å². The number of halogens is 6. The molecule has 1 aliphatic rings. The van der Waals surface area contributed by atoms with Crippen molar-refractivity contribution < 1.29 is 45.6 Å². The zero-order valence-corrected chi connectivity index (χ0v) is 19.3. The smallest absolute Gasteiger partial charge is 0.406 e. The maximum atomic E-state index is 13.8. The zero-order chi connectivity index (χ0) is 26.1. The Hall–Kier alpha value is -3.16. The summed E-state index contributed by atoms with van der Waals surface area (Å²) in [5.41, 5.74) is -0.0689. The molecule has 0 saturated carbocycles. The fourth-order valence-corrected chi connectivity index (χ4v) is 4.68. The van der Waals surface area contributed by atoms with Gasteiger partial charge in [0, 0.05) is 11.5 Å². The van der Waals surface area contributed by atoms with Gasteiger partial charge in [0.25, 0.3) is 5.91 Å². The summed E-state index contributed by atoms with van der Waals surface area (Å²) >= 11 is 0.571. The van der Waals surface area contributed by atoms with Crippen LogP contribution in [0.1, 0.15) is 45.4 Å². The van der Waals surface area contributed by atoms with E-state index in [9.17, 15) is 31.1 Å². The summed E-state index contributed by atoms with van der Waals surface area (Å²) in [7, 11) is 0. The number of carbonyl (C=O) groups is 1. The lowest BCUT2D eigenvalue weighted by atomic mass is 9.96. The molecular formula is C23H18F6N2O4S. The lowest BCUT2D eigenvalue weighted by Gasteiger charge is -2.16. The monoisotopic (exact) mass is 532 g/mol. The van der Waals surface area contributed by atoms with Crippen LogP contribution in [0, 0.1) is 0 Å². The Labute approximate surface area is 204 Å². The molecule has 1 aromatic heterocycles. The van der Waals surface area contributed by atoms with Crippen LogP contribution in [0.25, 0.3) is 10.6 Å². The van der Waals surface area contributed by atoms with Crippen molar-refractivity contribution in [2.45, 2.75) is 31.4 Å². The van der Waals surface area contributed by atoms with Gasteiger partial charge >= 0.3 is 12.5 Å². The molecule has 1 N–H and O–H groups in total. The van der Waals surface area contributed by atoms with Gasteiger partial charge in [0.2, 0.25) is 0 Å². The number of benzene rings is 2. The van der Waals surface area contributed by atoms with Crippen LogP contribution in [-0.4, -0.2) is 30.5 Å². The fraction of sp³-hybridized carbons (Fsp3) is 0.304. The molecule has 1 atom stereocenters. The second kappa shape index (κ2) is 10.1. The zero-order valence-electron chi connectivity index (χ0n) is 18.4. The van der Waals surface area contributed by atoms with Gasteiger partial charge in [-0.05, 0) is 30.2 Å². The Morgan fingerprint density at radius 1 is 1.08 bits per heavy atom. The normalized spacial score (nSPS) is 15.6. The minimum atomic E-state index is -4.92. The molecule has 0 aliphatic carbocycles. The first-order valence-electron chi connectivity index (χ1n) is 10.5. The summed E-state index contributed by atoms with van der Waals surface area (Å²) in [6.45, 7) is 1.86. The van der Waals surface area contributed by atoms with E-state index in [-0.39, 0.29) is 29.7 Å². The number of rotatable bonds is 6. The molecule has 192 valence electrons. The van der Waals surface area contributed by atoms with E-state index < -0.39 is 40.8 Å². The summed E-state index contributed by atoms with van der Waals surface area (Å²) in [5.74, 6) is -1.80. The summed E-state index contributed by atoms with van der Waals surface area (Å²) in [4.78, 5) is 25.8. The Balaban J connectivity index is 1.63. The number of aromatic nitrogens is 1. The van der Waals surface area contributed by atoms with Crippen LogP contribution in [0.2, 0.25) is 0 Å². The summed E-state index contributed by atoms with van der Waals surface area (Å²) in [6, 6.07) is 10.6. The van der Waals surface area contributed by atoms with Crippen molar-refractivity contribution in [3.8, 4) is 16.3 Å². The summed E-state index contributed by atoms with van der Waals surface area (Å²) in [6.07, 6.45) is -9.83. The predicted molar refractivity (Wildman–Crippen MR) is 116 cm³/mol. The maximum absolute atomic E-state index is 13.8. The van der Waals surface area contributed by atoms with Crippen molar-refractivity contribution in [3.05, 3.63) is 70.2 Å². The van der Waals surface area contributed by atoms with Crippen LogP contribution in [0.15, 0.2) is 48.5 Å². The van der Waals surface area contributed by atoms with Gasteiger partial charge < -0.3 is 10.1 Å². The molecule has 36 heavy (non-hydrogen) atoms. The Bertz CT molecular complexity index is 1240. The molecule has 1 aliphatic heterocycles. The van der Waals surface area contributed by atoms with Gasteiger partial charge in [-0.25, -0.2) is 14.8 Å². The highest BCUT2D eigenvalue weighted by atomic mass is 32.1. The third-order valence-corrected chi connectivity index (χ3v) is 6.38. The topological polar surface area (TPSA) is 69.7 Å². The average molecular weight is 532 g/mol. The molecule has 2 aromatic carbocycles. The first-order valence-corrected chi connectivity index (χ1v) is 11.3. The molecule has 1 fully saturated rings. The van der Waals surface area contributed by atoms with E-state index in [1.807, 2.05) is 0 Å². The van der Waals surface area contributed by atoms with Gasteiger partial charge in [0.15, 0.2) is 5.69 Å². The largest absolute Gasteiger partial charge is 0.573 e. The SMILES string of the molecule is CC(NC(=O)c1sc(-c2ccccc2C2COOC2)nc1C(F)(F)F)c1cccc(OC(F)(F)F)c1. The molecular weight excluding hydrogens is 514 g/mol. The van der Waals surface area contributed by atoms with Crippen LogP contribution in [0.3, 0.4) is 0 Å². The first kappa shape index (κ1) is 25.9. The molecule has 6 nitrogen and oxygen atoms in total. The number of nitrogens with one attached hydrogen (secondary N) is 1. The van der Waals surface area contributed by atoms with Gasteiger partial charge in [-0.2, -0.15) is 13.2 Å². The lowest BCUT2D eigenvalue weighted by Crippen LogP contribution is -2.28. The number of alkyl halides is 6. The van der Waals surface area contributed by atoms with Gasteiger partial charge in [-0.3, -0.25) is 4.79 Å². The first-order chi connectivity index (χ1) is 16.9. The maximum Gasteiger partial charge on any atom is 0.573 e. The van der Waals surface area contributed by atoms with Crippen LogP contribution < -0.4 is 10.1 Å². The molecule has 1 amide bonds. The number of hydrogen-bond donors (Lipinski definition) is 1. The second-order valence-corrected chi connectivity index (χ2v) is 8.86. The van der Waals surface area contributed by atoms with Crippen LogP contribution in [0.5, 0.6) is 5.75 Å². The van der Waals surface area contributed by atoms with Gasteiger partial charge in [-0.1, -0.05) is 36.4 Å². The van der Waals surface area contributed by atoms with Crippen LogP contribution >= 0.6 is 11.3 Å². The summed E-state index contributed by atoms with van der Waals surface area (Å²) in [5, 5.41) is 2.39. The van der Waals surface area contributed by atoms with E-state index >= 15 is 0 Å². The number of hydrogen-bond acceptors (Lipinski definition) is 6. The van der Waals surface area contributed by atoms with Crippen molar-refractivity contribution >= 4 is 17.2 Å². The fourth-order valence-electron chi connectivity index (χ4n) is 3.64. The van der Waals surface area contributed by atoms with Crippen LogP contribution in [0.4, 0.5) is 26.3 Å². The highest BCUT2D eigenvalue weighted by Crippen LogP contribution is 2.40. The molecule has 4 rings (SSSR count). The van der Waals surface area contributed by atoms with Crippen LogP contribution in [-0.2, 0) is 16.0 Å². The molecule has 1 saturated heterocycles. The van der Waals surface area contributed by atoms with E-state index in [4.69, 9.17) is 9.78 Å². The van der Waals surface area contributed by atoms with Gasteiger partial charge in [0.05, 0.1) is 19.3 Å². The Morgan fingerprint density at radius 3 is 2.44 bits per heavy atom. The molecule has 2 heterocycles. The minimum Gasteiger partial charge on any atom is -0.406 e. The van der Waals surface area contributed by atoms with E-state index in [2.05, 4.69) is 15.0 Å². The van der Waals surface area contributed by atoms with Crippen molar-refractivity contribution in [1.82, 2.24) is 10.3 Å². The number of ether oxygens (including phenoxy) is 1. The van der Waals surface area contributed by atoms with E-state index in [1.54, 1.807) is 24.3 Å². The molecule has 13 heteroatoms. The number of nitrogens with zero attached hydrogens (tertiary/aromatic N) is 1. The third kappa shape index (κ3) is 5.97. The molecule has 0 radical (unpaired) electrons. The van der Waals surface area contributed by atoms with E-state index in [0.717, 1.165) is 12.1 Å². The quantitative estimate of drug-likeness (QED) is 0.300. The Kier molecular flexibility index (Phi) is 7.25. The highest BCUT2D eigenvalue weighted by Gasteiger charge is 2.40. The molecule has 3 aromatic rings. The predicted octanol–water partition coefficient (Wildman–Crippen LogP) is 6.26. The van der Waals surface area contributed by atoms with E-state index in [0.29, 0.717) is 22.5 Å². The van der Waals surface area contributed by atoms with Crippen molar-refractivity contribution in [3.63, 3.8) is 0 Å². The van der Waals surface area contributed by atoms with Crippen molar-refractivity contribution in [2.75, 3.05) is 13.2 Å². The van der Waals surface area contributed by atoms with Gasteiger partial charge in [-0.15, -0.1) is 24.5 Å². The number of thiazole rings is 1. The molecule has 0 spiro atoms. The Morgan fingerprint density at radius 2 is 1.78 bits per heavy atom. The van der Waals surface area contributed by atoms with Crippen molar-refractivity contribution in [2.24, 2.45) is 0 Å². The lowest BCUT2D eigenvalue weighted by molar-refractivity contribution is -0.274. The molecule has 1 unspecified atom stereocenters. The summed E-state index contributed by atoms with van der Waals surface area (Å²) < 4.78 is 82.8. The third-order valence-electron chi connectivity index (χ3n) is 5.29. The van der Waals surface area contributed by atoms with Crippen molar-refractivity contribution in [1.29, 1.82) is 0 Å². The number of amides is 1. The average Bonchev–Trinajstić information content (AvgIpc) is 3.48. The second-order valence-electron chi connectivity index (χ2n) is 7.86. The minimum absolute atomic E-state index is 0.0109. The standard InChI is InChI=1S/C23H18F6N2O4S/c1-12(13-5-4-6-15(9-13)35-23(27,28)29)30-20(32)18-19(22(24,25)26)31-21(36-18)17-8-3-2-7-16(17)14-10-33-34-11-14/h2-9,12,14H,10-11H2,1H3,(H,30,32). The van der Waals surface area contributed by atoms with Gasteiger partial charge in [0.1, 0.15) is 15.6 Å². The number of carbonyl (C=O) groups excluding carboxylic acids is 1.